The first kappa shape index (κ1) is 15.0. The van der Waals surface area contributed by atoms with Crippen molar-refractivity contribution in [2.45, 2.75) is 71.0 Å². The quantitative estimate of drug-likeness (QED) is 0.589. The lowest BCUT2D eigenvalue weighted by Gasteiger charge is -2.60. The molecule has 4 fully saturated rings. The van der Waals surface area contributed by atoms with Gasteiger partial charge in [0.05, 0.1) is 13.2 Å². The first-order valence-corrected chi connectivity index (χ1v) is 10.0. The minimum absolute atomic E-state index is 0.229. The molecular formula is C21H32O2. The number of fused-ring (bicyclic) bond motifs is 6. The van der Waals surface area contributed by atoms with Crippen LogP contribution in [-0.2, 0) is 9.47 Å². The van der Waals surface area contributed by atoms with E-state index in [0.717, 1.165) is 43.3 Å². The van der Waals surface area contributed by atoms with Crippen LogP contribution < -0.4 is 0 Å². The number of allylic oxidation sites excluding steroid dienone is 2. The lowest BCUT2D eigenvalue weighted by atomic mass is 9.45. The maximum Gasteiger partial charge on any atom is 0.174 e. The Morgan fingerprint density at radius 1 is 0.870 bits per heavy atom. The van der Waals surface area contributed by atoms with Crippen molar-refractivity contribution >= 4 is 0 Å². The Bertz CT molecular complexity index is 520. The van der Waals surface area contributed by atoms with Crippen molar-refractivity contribution in [2.24, 2.45) is 34.5 Å². The minimum atomic E-state index is -0.229. The molecule has 1 spiro atoms. The Hall–Kier alpha value is -0.340. The number of hydrogen-bond acceptors (Lipinski definition) is 2. The van der Waals surface area contributed by atoms with Gasteiger partial charge < -0.3 is 9.47 Å². The smallest absolute Gasteiger partial charge is 0.174 e. The number of rotatable bonds is 0. The Morgan fingerprint density at radius 2 is 1.65 bits per heavy atom. The molecule has 0 radical (unpaired) electrons. The molecule has 0 aromatic rings. The monoisotopic (exact) mass is 316 g/mol. The first-order chi connectivity index (χ1) is 11.1. The van der Waals surface area contributed by atoms with Gasteiger partial charge in [-0.2, -0.15) is 0 Å². The molecule has 1 heterocycles. The molecule has 0 amide bonds. The van der Waals surface area contributed by atoms with Crippen LogP contribution >= 0.6 is 0 Å². The van der Waals surface area contributed by atoms with Crippen LogP contribution in [0.5, 0.6) is 0 Å². The average Bonchev–Trinajstić information content (AvgIpc) is 3.14. The third kappa shape index (κ3) is 1.78. The third-order valence-electron chi connectivity index (χ3n) is 9.01. The molecule has 0 aromatic heterocycles. The standard InChI is InChI=1S/C21H32O2/c1-19-10-4-3-5-15(19)6-7-16-17(19)8-11-20(2)18(16)9-12-21(20)22-13-14-23-21/h3-4,15-18H,5-14H2,1-2H3/t15?,16-,17+,18+,19+,20+/m1/s1. The maximum atomic E-state index is 6.25. The van der Waals surface area contributed by atoms with Crippen LogP contribution in [0.15, 0.2) is 12.2 Å². The molecule has 5 rings (SSSR count). The fourth-order valence-corrected chi connectivity index (χ4v) is 7.72. The zero-order valence-corrected chi connectivity index (χ0v) is 14.9. The zero-order valence-electron chi connectivity index (χ0n) is 14.9. The normalized spacial score (nSPS) is 53.8. The second-order valence-electron chi connectivity index (χ2n) is 9.51. The maximum absolute atomic E-state index is 6.25. The van der Waals surface area contributed by atoms with Gasteiger partial charge in [-0.25, -0.2) is 0 Å². The van der Waals surface area contributed by atoms with Gasteiger partial charge in [0.15, 0.2) is 5.79 Å². The van der Waals surface area contributed by atoms with Crippen molar-refractivity contribution in [3.63, 3.8) is 0 Å². The summed E-state index contributed by atoms with van der Waals surface area (Å²) in [5.41, 5.74) is 0.824. The first-order valence-electron chi connectivity index (χ1n) is 10.0. The fraction of sp³-hybridized carbons (Fsp3) is 0.905. The van der Waals surface area contributed by atoms with Gasteiger partial charge in [0.1, 0.15) is 0 Å². The summed E-state index contributed by atoms with van der Waals surface area (Å²) in [5.74, 6) is 3.37. The van der Waals surface area contributed by atoms with E-state index in [2.05, 4.69) is 26.0 Å². The van der Waals surface area contributed by atoms with Gasteiger partial charge in [0.2, 0.25) is 0 Å². The third-order valence-corrected chi connectivity index (χ3v) is 9.01. The molecule has 6 atom stereocenters. The molecule has 3 saturated carbocycles. The molecule has 1 saturated heterocycles. The minimum Gasteiger partial charge on any atom is -0.347 e. The van der Waals surface area contributed by atoms with Crippen LogP contribution in [0.4, 0.5) is 0 Å². The van der Waals surface area contributed by atoms with Gasteiger partial charge in [-0.3, -0.25) is 0 Å². The molecule has 2 heteroatoms. The van der Waals surface area contributed by atoms with Crippen molar-refractivity contribution in [1.82, 2.24) is 0 Å². The van der Waals surface area contributed by atoms with Crippen LogP contribution in [0.3, 0.4) is 0 Å². The van der Waals surface area contributed by atoms with E-state index in [4.69, 9.17) is 9.47 Å². The van der Waals surface area contributed by atoms with Gasteiger partial charge in [0, 0.05) is 11.8 Å². The van der Waals surface area contributed by atoms with E-state index in [0.29, 0.717) is 5.41 Å². The van der Waals surface area contributed by atoms with Crippen molar-refractivity contribution in [1.29, 1.82) is 0 Å². The van der Waals surface area contributed by atoms with Crippen molar-refractivity contribution in [3.05, 3.63) is 12.2 Å². The second-order valence-corrected chi connectivity index (χ2v) is 9.51. The molecule has 1 unspecified atom stereocenters. The summed E-state index contributed by atoms with van der Waals surface area (Å²) in [4.78, 5) is 0. The second kappa shape index (κ2) is 4.85. The van der Waals surface area contributed by atoms with Gasteiger partial charge in [-0.15, -0.1) is 0 Å². The zero-order chi connectivity index (χ0) is 15.7. The van der Waals surface area contributed by atoms with Crippen molar-refractivity contribution in [2.75, 3.05) is 13.2 Å². The van der Waals surface area contributed by atoms with Crippen LogP contribution in [0, 0.1) is 34.5 Å². The van der Waals surface area contributed by atoms with E-state index >= 15 is 0 Å². The lowest BCUT2D eigenvalue weighted by Crippen LogP contribution is -2.56. The summed E-state index contributed by atoms with van der Waals surface area (Å²) in [6.45, 7) is 6.73. The summed E-state index contributed by atoms with van der Waals surface area (Å²) in [5, 5.41) is 0. The van der Waals surface area contributed by atoms with Gasteiger partial charge >= 0.3 is 0 Å². The molecule has 0 bridgehead atoms. The summed E-state index contributed by atoms with van der Waals surface area (Å²) in [7, 11) is 0. The lowest BCUT2D eigenvalue weighted by molar-refractivity contribution is -0.246. The van der Waals surface area contributed by atoms with Crippen LogP contribution in [0.2, 0.25) is 0 Å². The van der Waals surface area contributed by atoms with E-state index in [9.17, 15) is 0 Å². The highest BCUT2D eigenvalue weighted by molar-refractivity contribution is 5.14. The van der Waals surface area contributed by atoms with E-state index in [1.807, 2.05) is 0 Å². The van der Waals surface area contributed by atoms with Crippen molar-refractivity contribution in [3.8, 4) is 0 Å². The number of hydrogen-bond donors (Lipinski definition) is 0. The number of ether oxygens (including phenoxy) is 2. The molecule has 0 aromatic carbocycles. The predicted octanol–water partition coefficient (Wildman–Crippen LogP) is 4.94. The summed E-state index contributed by atoms with van der Waals surface area (Å²) in [6, 6.07) is 0. The molecule has 0 N–H and O–H groups in total. The molecule has 1 aliphatic heterocycles. The Kier molecular flexibility index (Phi) is 3.15. The molecule has 128 valence electrons. The van der Waals surface area contributed by atoms with E-state index in [1.54, 1.807) is 0 Å². The van der Waals surface area contributed by atoms with Crippen LogP contribution in [0.1, 0.15) is 65.2 Å². The van der Waals surface area contributed by atoms with Crippen LogP contribution in [0.25, 0.3) is 0 Å². The summed E-state index contributed by atoms with van der Waals surface area (Å²) in [6.07, 6.45) is 15.6. The molecule has 5 aliphatic rings. The SMILES string of the molecule is C[C@]12CC=CCC1CC[C@@H]1[C@@H]2CC[C@@]2(C)[C@H]1CCC21OCCO1. The molecule has 4 aliphatic carbocycles. The predicted molar refractivity (Wildman–Crippen MR) is 90.9 cm³/mol. The van der Waals surface area contributed by atoms with E-state index < -0.39 is 0 Å². The highest BCUT2D eigenvalue weighted by Crippen LogP contribution is 2.69. The van der Waals surface area contributed by atoms with Crippen LogP contribution in [-0.4, -0.2) is 19.0 Å². The highest BCUT2D eigenvalue weighted by atomic mass is 16.7. The Morgan fingerprint density at radius 3 is 2.48 bits per heavy atom. The molecule has 23 heavy (non-hydrogen) atoms. The topological polar surface area (TPSA) is 18.5 Å². The highest BCUT2D eigenvalue weighted by Gasteiger charge is 2.66. The van der Waals surface area contributed by atoms with Gasteiger partial charge in [0.25, 0.3) is 0 Å². The summed E-state index contributed by atoms with van der Waals surface area (Å²) < 4.78 is 12.5. The molecular weight excluding hydrogens is 284 g/mol. The average molecular weight is 316 g/mol. The largest absolute Gasteiger partial charge is 0.347 e. The van der Waals surface area contributed by atoms with E-state index in [-0.39, 0.29) is 11.2 Å². The van der Waals surface area contributed by atoms with Gasteiger partial charge in [-0.1, -0.05) is 26.0 Å². The molecule has 2 nitrogen and oxygen atoms in total. The van der Waals surface area contributed by atoms with Gasteiger partial charge in [-0.05, 0) is 74.0 Å². The van der Waals surface area contributed by atoms with Crippen molar-refractivity contribution < 1.29 is 9.47 Å². The Balaban J connectivity index is 1.48. The summed E-state index contributed by atoms with van der Waals surface area (Å²) >= 11 is 0. The van der Waals surface area contributed by atoms with E-state index in [1.165, 1.54) is 44.9 Å². The Labute approximate surface area is 141 Å². The fourth-order valence-electron chi connectivity index (χ4n) is 7.72.